The van der Waals surface area contributed by atoms with Gasteiger partial charge in [0, 0.05) is 27.8 Å². The van der Waals surface area contributed by atoms with Crippen molar-refractivity contribution in [2.75, 3.05) is 0 Å². The van der Waals surface area contributed by atoms with Crippen LogP contribution in [0.4, 0.5) is 5.69 Å². The van der Waals surface area contributed by atoms with Crippen LogP contribution < -0.4 is 0 Å². The number of hydrogen-bond acceptors (Lipinski definition) is 4. The quantitative estimate of drug-likeness (QED) is 0.520. The Bertz CT molecular complexity index is 619. The first-order chi connectivity index (χ1) is 9.08. The highest BCUT2D eigenvalue weighted by Crippen LogP contribution is 2.33. The lowest BCUT2D eigenvalue weighted by molar-refractivity contribution is -0.384. The normalized spacial score (nSPS) is 10.4. The van der Waals surface area contributed by atoms with Gasteiger partial charge in [-0.15, -0.1) is 11.8 Å². The zero-order valence-corrected chi connectivity index (χ0v) is 11.3. The summed E-state index contributed by atoms with van der Waals surface area (Å²) in [4.78, 5) is 11.0. The molecule has 6 heteroatoms. The Hall–Kier alpha value is -1.72. The third kappa shape index (κ3) is 3.39. The molecule has 0 amide bonds. The fourth-order valence-electron chi connectivity index (χ4n) is 1.52. The van der Waals surface area contributed by atoms with Crippen LogP contribution in [0.25, 0.3) is 0 Å². The van der Waals surface area contributed by atoms with Gasteiger partial charge in [0.2, 0.25) is 0 Å². The van der Waals surface area contributed by atoms with Gasteiger partial charge in [-0.2, -0.15) is 0 Å². The first-order valence-electron chi connectivity index (χ1n) is 5.41. The van der Waals surface area contributed by atoms with E-state index in [0.29, 0.717) is 21.2 Å². The van der Waals surface area contributed by atoms with Gasteiger partial charge in [-0.1, -0.05) is 23.7 Å². The number of hydrogen-bond donors (Lipinski definition) is 1. The van der Waals surface area contributed by atoms with Crippen molar-refractivity contribution < 1.29 is 10.0 Å². The highest BCUT2D eigenvalue weighted by molar-refractivity contribution is 7.98. The molecular weight excluding hydrogens is 286 g/mol. The van der Waals surface area contributed by atoms with E-state index in [1.165, 1.54) is 30.0 Å². The molecule has 2 aromatic rings. The van der Waals surface area contributed by atoms with Gasteiger partial charge in [0.15, 0.2) is 0 Å². The van der Waals surface area contributed by atoms with Crippen LogP contribution >= 0.6 is 23.4 Å². The molecule has 0 aliphatic carbocycles. The number of nitro benzene ring substituents is 1. The maximum atomic E-state index is 10.7. The lowest BCUT2D eigenvalue weighted by Crippen LogP contribution is -1.90. The Morgan fingerprint density at radius 2 is 2.00 bits per heavy atom. The number of nitrogens with zero attached hydrogens (tertiary/aromatic N) is 1. The standard InChI is InChI=1S/C13H10ClNO3S/c14-11-6-5-10(15(17)18)7-9(11)8-19-13-4-2-1-3-12(13)16/h1-7,16H,8H2. The van der Waals surface area contributed by atoms with Crippen LogP contribution in [-0.4, -0.2) is 10.0 Å². The van der Waals surface area contributed by atoms with E-state index in [1.807, 2.05) is 6.07 Å². The molecule has 0 aliphatic heterocycles. The molecule has 2 rings (SSSR count). The molecule has 0 saturated heterocycles. The number of thioether (sulfide) groups is 1. The Labute approximate surface area is 119 Å². The van der Waals surface area contributed by atoms with Crippen molar-refractivity contribution in [1.82, 2.24) is 0 Å². The summed E-state index contributed by atoms with van der Waals surface area (Å²) >= 11 is 7.39. The maximum Gasteiger partial charge on any atom is 0.269 e. The Morgan fingerprint density at radius 1 is 1.26 bits per heavy atom. The number of nitro groups is 1. The number of benzene rings is 2. The summed E-state index contributed by atoms with van der Waals surface area (Å²) < 4.78 is 0. The average molecular weight is 296 g/mol. The molecule has 0 unspecified atom stereocenters. The Balaban J connectivity index is 2.17. The number of non-ortho nitro benzene ring substituents is 1. The molecule has 0 aliphatic rings. The summed E-state index contributed by atoms with van der Waals surface area (Å²) in [5, 5.41) is 20.8. The molecule has 19 heavy (non-hydrogen) atoms. The third-order valence-corrected chi connectivity index (χ3v) is 3.97. The summed E-state index contributed by atoms with van der Waals surface area (Å²) in [6, 6.07) is 11.3. The minimum Gasteiger partial charge on any atom is -0.507 e. The SMILES string of the molecule is O=[N+]([O-])c1ccc(Cl)c(CSc2ccccc2O)c1. The molecule has 4 nitrogen and oxygen atoms in total. The highest BCUT2D eigenvalue weighted by Gasteiger charge is 2.10. The average Bonchev–Trinajstić information content (AvgIpc) is 2.39. The minimum atomic E-state index is -0.454. The number of halogens is 1. The van der Waals surface area contributed by atoms with E-state index in [1.54, 1.807) is 18.2 Å². The van der Waals surface area contributed by atoms with Gasteiger partial charge in [-0.3, -0.25) is 10.1 Å². The maximum absolute atomic E-state index is 10.7. The van der Waals surface area contributed by atoms with Crippen LogP contribution in [0.1, 0.15) is 5.56 Å². The zero-order valence-electron chi connectivity index (χ0n) is 9.75. The molecule has 1 N–H and O–H groups in total. The molecule has 0 atom stereocenters. The first-order valence-corrected chi connectivity index (χ1v) is 6.78. The van der Waals surface area contributed by atoms with Crippen molar-refractivity contribution in [3.63, 3.8) is 0 Å². The van der Waals surface area contributed by atoms with Crippen molar-refractivity contribution in [1.29, 1.82) is 0 Å². The molecule has 0 fully saturated rings. The molecule has 0 heterocycles. The van der Waals surface area contributed by atoms with Gasteiger partial charge >= 0.3 is 0 Å². The minimum absolute atomic E-state index is 0.0114. The smallest absolute Gasteiger partial charge is 0.269 e. The molecule has 0 spiro atoms. The molecule has 0 aromatic heterocycles. The van der Waals surface area contributed by atoms with E-state index < -0.39 is 4.92 Å². The Morgan fingerprint density at radius 3 is 2.68 bits per heavy atom. The number of rotatable bonds is 4. The van der Waals surface area contributed by atoms with Crippen LogP contribution in [-0.2, 0) is 5.75 Å². The van der Waals surface area contributed by atoms with E-state index in [4.69, 9.17) is 11.6 Å². The summed E-state index contributed by atoms with van der Waals surface area (Å²) in [5.41, 5.74) is 0.682. The molecular formula is C13H10ClNO3S. The Kier molecular flexibility index (Phi) is 4.29. The second kappa shape index (κ2) is 5.95. The van der Waals surface area contributed by atoms with Crippen LogP contribution in [0.3, 0.4) is 0 Å². The number of phenols is 1. The summed E-state index contributed by atoms with van der Waals surface area (Å²) in [6.45, 7) is 0. The fraction of sp³-hybridized carbons (Fsp3) is 0.0769. The van der Waals surface area contributed by atoms with Crippen LogP contribution in [0.15, 0.2) is 47.4 Å². The highest BCUT2D eigenvalue weighted by atomic mass is 35.5. The van der Waals surface area contributed by atoms with Gasteiger partial charge in [0.25, 0.3) is 5.69 Å². The van der Waals surface area contributed by atoms with E-state index >= 15 is 0 Å². The first kappa shape index (κ1) is 13.7. The van der Waals surface area contributed by atoms with Gasteiger partial charge in [0.1, 0.15) is 5.75 Å². The molecule has 98 valence electrons. The topological polar surface area (TPSA) is 63.4 Å². The predicted molar refractivity (Wildman–Crippen MR) is 75.8 cm³/mol. The van der Waals surface area contributed by atoms with E-state index in [0.717, 1.165) is 0 Å². The van der Waals surface area contributed by atoms with Crippen molar-refractivity contribution >= 4 is 29.1 Å². The monoisotopic (exact) mass is 295 g/mol. The van der Waals surface area contributed by atoms with E-state index in [-0.39, 0.29) is 11.4 Å². The summed E-state index contributed by atoms with van der Waals surface area (Å²) in [6.07, 6.45) is 0. The molecule has 0 radical (unpaired) electrons. The van der Waals surface area contributed by atoms with Crippen molar-refractivity contribution in [2.24, 2.45) is 0 Å². The molecule has 2 aromatic carbocycles. The predicted octanol–water partition coefficient (Wildman–Crippen LogP) is 4.25. The third-order valence-electron chi connectivity index (χ3n) is 2.49. The van der Waals surface area contributed by atoms with Crippen molar-refractivity contribution in [2.45, 2.75) is 10.6 Å². The molecule has 0 saturated carbocycles. The van der Waals surface area contributed by atoms with Gasteiger partial charge in [0.05, 0.1) is 4.92 Å². The summed E-state index contributed by atoms with van der Waals surface area (Å²) in [5.74, 6) is 0.645. The summed E-state index contributed by atoms with van der Waals surface area (Å²) in [7, 11) is 0. The van der Waals surface area contributed by atoms with Crippen molar-refractivity contribution in [3.05, 3.63) is 63.2 Å². The van der Waals surface area contributed by atoms with Crippen LogP contribution in [0.5, 0.6) is 5.75 Å². The second-order valence-corrected chi connectivity index (χ2v) is 5.21. The zero-order chi connectivity index (χ0) is 13.8. The second-order valence-electron chi connectivity index (χ2n) is 3.79. The lowest BCUT2D eigenvalue weighted by atomic mass is 10.2. The van der Waals surface area contributed by atoms with E-state index in [2.05, 4.69) is 0 Å². The van der Waals surface area contributed by atoms with Crippen LogP contribution in [0, 0.1) is 10.1 Å². The number of phenolic OH excluding ortho intramolecular Hbond substituents is 1. The van der Waals surface area contributed by atoms with E-state index in [9.17, 15) is 15.2 Å². The van der Waals surface area contributed by atoms with Crippen molar-refractivity contribution in [3.8, 4) is 5.75 Å². The molecule has 0 bridgehead atoms. The number of aromatic hydroxyl groups is 1. The largest absolute Gasteiger partial charge is 0.507 e. The lowest BCUT2D eigenvalue weighted by Gasteiger charge is -2.06. The van der Waals surface area contributed by atoms with Gasteiger partial charge in [-0.25, -0.2) is 0 Å². The number of para-hydroxylation sites is 1. The van der Waals surface area contributed by atoms with Crippen LogP contribution in [0.2, 0.25) is 5.02 Å². The van der Waals surface area contributed by atoms with Gasteiger partial charge in [-0.05, 0) is 23.8 Å². The fourth-order valence-corrected chi connectivity index (χ4v) is 2.72. The van der Waals surface area contributed by atoms with Gasteiger partial charge < -0.3 is 5.11 Å².